The van der Waals surface area contributed by atoms with Gasteiger partial charge in [-0.2, -0.15) is 4.72 Å². The molecule has 0 unspecified atom stereocenters. The minimum atomic E-state index is -4.22. The van der Waals surface area contributed by atoms with Crippen LogP contribution in [0.3, 0.4) is 0 Å². The van der Waals surface area contributed by atoms with Crippen molar-refractivity contribution in [2.24, 2.45) is 0 Å². The molecule has 8 nitrogen and oxygen atoms in total. The summed E-state index contributed by atoms with van der Waals surface area (Å²) in [5.74, 6) is -1.20. The fourth-order valence-electron chi connectivity index (χ4n) is 2.29. The van der Waals surface area contributed by atoms with Gasteiger partial charge >= 0.3 is 5.97 Å². The van der Waals surface area contributed by atoms with Crippen LogP contribution in [0.25, 0.3) is 0 Å². The molecule has 0 spiro atoms. The average molecular weight is 383 g/mol. The number of sulfone groups is 1. The van der Waals surface area contributed by atoms with Gasteiger partial charge < -0.3 is 9.84 Å². The lowest BCUT2D eigenvalue weighted by molar-refractivity contribution is -0.138. The number of carboxylic acids is 1. The van der Waals surface area contributed by atoms with Crippen molar-refractivity contribution in [2.45, 2.75) is 27.7 Å². The van der Waals surface area contributed by atoms with Crippen LogP contribution < -0.4 is 9.46 Å². The van der Waals surface area contributed by atoms with Gasteiger partial charge in [-0.05, 0) is 37.3 Å². The van der Waals surface area contributed by atoms with E-state index in [0.29, 0.717) is 0 Å². The van der Waals surface area contributed by atoms with Crippen molar-refractivity contribution in [3.05, 3.63) is 42.5 Å². The van der Waals surface area contributed by atoms with E-state index in [1.165, 1.54) is 24.3 Å². The number of sulfonamides is 1. The van der Waals surface area contributed by atoms with Crippen molar-refractivity contribution in [2.75, 3.05) is 0 Å². The van der Waals surface area contributed by atoms with Crippen molar-refractivity contribution in [1.29, 1.82) is 0 Å². The van der Waals surface area contributed by atoms with Crippen molar-refractivity contribution in [3.8, 4) is 11.5 Å². The van der Waals surface area contributed by atoms with E-state index in [1.54, 1.807) is 6.07 Å². The fraction of sp³-hybridized carbons (Fsp3) is 0.133. The molecule has 0 saturated carbocycles. The van der Waals surface area contributed by atoms with E-state index in [9.17, 15) is 21.6 Å². The Morgan fingerprint density at radius 1 is 1.12 bits per heavy atom. The molecule has 0 aliphatic carbocycles. The van der Waals surface area contributed by atoms with Crippen LogP contribution in [-0.4, -0.2) is 34.0 Å². The topological polar surface area (TPSA) is 127 Å². The number of ether oxygens (including phenoxy) is 1. The van der Waals surface area contributed by atoms with Gasteiger partial charge in [-0.25, -0.2) is 16.8 Å². The third kappa shape index (κ3) is 2.99. The molecule has 0 saturated heterocycles. The number of fused-ring (bicyclic) bond motifs is 2. The van der Waals surface area contributed by atoms with Crippen molar-refractivity contribution in [1.82, 2.24) is 4.72 Å². The molecule has 0 fully saturated rings. The van der Waals surface area contributed by atoms with E-state index in [1.807, 2.05) is 4.72 Å². The van der Waals surface area contributed by atoms with Gasteiger partial charge in [-0.15, -0.1) is 0 Å². The predicted molar refractivity (Wildman–Crippen MR) is 85.8 cm³/mol. The van der Waals surface area contributed by atoms with Crippen LogP contribution >= 0.6 is 0 Å². The number of rotatable bonds is 4. The van der Waals surface area contributed by atoms with Gasteiger partial charge in [0.15, 0.2) is 0 Å². The molecule has 2 aromatic rings. The number of benzene rings is 2. The molecule has 10 heteroatoms. The van der Waals surface area contributed by atoms with Gasteiger partial charge in [0.25, 0.3) is 0 Å². The van der Waals surface area contributed by atoms with Crippen LogP contribution in [0.4, 0.5) is 0 Å². The van der Waals surface area contributed by atoms with E-state index in [4.69, 9.17) is 9.84 Å². The normalized spacial score (nSPS) is 16.2. The van der Waals surface area contributed by atoms with Gasteiger partial charge in [0.1, 0.15) is 27.3 Å². The largest absolute Gasteiger partial charge is 0.480 e. The van der Waals surface area contributed by atoms with Gasteiger partial charge in [-0.1, -0.05) is 12.1 Å². The van der Waals surface area contributed by atoms with Gasteiger partial charge in [-0.3, -0.25) is 4.79 Å². The summed E-state index contributed by atoms with van der Waals surface area (Å²) in [6, 6.07) is 7.97. The van der Waals surface area contributed by atoms with Crippen LogP contribution in [-0.2, 0) is 24.7 Å². The highest BCUT2D eigenvalue weighted by Gasteiger charge is 2.33. The number of para-hydroxylation sites is 1. The Hall–Kier alpha value is -2.43. The Morgan fingerprint density at radius 2 is 1.76 bits per heavy atom. The Balaban J connectivity index is 2.09. The highest BCUT2D eigenvalue weighted by Crippen LogP contribution is 2.42. The molecule has 1 heterocycles. The first-order chi connectivity index (χ1) is 11.6. The second kappa shape index (κ2) is 5.83. The number of carbonyl (C=O) groups is 1. The summed E-state index contributed by atoms with van der Waals surface area (Å²) in [6.45, 7) is 1.16. The molecule has 1 aliphatic rings. The molecule has 0 bridgehead atoms. The Labute approximate surface area is 144 Å². The lowest BCUT2D eigenvalue weighted by Crippen LogP contribution is -2.38. The molecule has 25 heavy (non-hydrogen) atoms. The zero-order valence-corrected chi connectivity index (χ0v) is 14.5. The molecular formula is C15H13NO7S2. The van der Waals surface area contributed by atoms with Crippen LogP contribution in [0.1, 0.15) is 6.92 Å². The van der Waals surface area contributed by atoms with E-state index >= 15 is 0 Å². The summed E-state index contributed by atoms with van der Waals surface area (Å²) in [6.07, 6.45) is 0. The van der Waals surface area contributed by atoms with Crippen LogP contribution in [0.15, 0.2) is 57.2 Å². The predicted octanol–water partition coefficient (Wildman–Crippen LogP) is 1.38. The molecule has 0 amide bonds. The average Bonchev–Trinajstić information content (AvgIpc) is 2.54. The molecule has 0 aromatic heterocycles. The molecule has 1 aliphatic heterocycles. The van der Waals surface area contributed by atoms with Crippen molar-refractivity contribution < 1.29 is 31.5 Å². The van der Waals surface area contributed by atoms with E-state index < -0.39 is 31.9 Å². The second-order valence-electron chi connectivity index (χ2n) is 5.34. The zero-order valence-electron chi connectivity index (χ0n) is 12.8. The highest BCUT2D eigenvalue weighted by atomic mass is 32.2. The third-order valence-corrected chi connectivity index (χ3v) is 6.93. The molecule has 3 rings (SSSR count). The smallest absolute Gasteiger partial charge is 0.321 e. The van der Waals surface area contributed by atoms with Crippen LogP contribution in [0, 0.1) is 0 Å². The van der Waals surface area contributed by atoms with Gasteiger partial charge in [0.05, 0.1) is 4.90 Å². The third-order valence-electron chi connectivity index (χ3n) is 3.58. The fourth-order valence-corrected chi connectivity index (χ4v) is 5.12. The molecule has 1 atom stereocenters. The lowest BCUT2D eigenvalue weighted by Gasteiger charge is -2.21. The summed E-state index contributed by atoms with van der Waals surface area (Å²) < 4.78 is 57.5. The molecule has 132 valence electrons. The molecule has 2 N–H and O–H groups in total. The Morgan fingerprint density at radius 3 is 2.44 bits per heavy atom. The van der Waals surface area contributed by atoms with Gasteiger partial charge in [0, 0.05) is 0 Å². The minimum Gasteiger partial charge on any atom is -0.480 e. The monoisotopic (exact) mass is 383 g/mol. The minimum absolute atomic E-state index is 0.00364. The maximum Gasteiger partial charge on any atom is 0.321 e. The van der Waals surface area contributed by atoms with Gasteiger partial charge in [0.2, 0.25) is 19.9 Å². The maximum absolute atomic E-state index is 12.7. The molecular weight excluding hydrogens is 370 g/mol. The quantitative estimate of drug-likeness (QED) is 0.697. The zero-order chi connectivity index (χ0) is 18.4. The first kappa shape index (κ1) is 17.4. The Kier molecular flexibility index (Phi) is 4.06. The number of hydrogen-bond donors (Lipinski definition) is 2. The summed E-state index contributed by atoms with van der Waals surface area (Å²) in [5, 5.41) is 8.83. The SMILES string of the molecule is C[C@H](NS(=O)(=O)c1ccc2c(c1)S(=O)(=O)c1ccccc1O2)C(=O)O. The second-order valence-corrected chi connectivity index (χ2v) is 8.94. The van der Waals surface area contributed by atoms with E-state index in [2.05, 4.69) is 0 Å². The van der Waals surface area contributed by atoms with Crippen molar-refractivity contribution >= 4 is 25.8 Å². The first-order valence-electron chi connectivity index (χ1n) is 7.04. The van der Waals surface area contributed by atoms with Crippen molar-refractivity contribution in [3.63, 3.8) is 0 Å². The lowest BCUT2D eigenvalue weighted by atomic mass is 10.3. The number of aliphatic carboxylic acids is 1. The summed E-state index contributed by atoms with van der Waals surface area (Å²) in [5.41, 5.74) is 0. The Bertz CT molecular complexity index is 1070. The van der Waals surface area contributed by atoms with Crippen LogP contribution in [0.5, 0.6) is 11.5 Å². The van der Waals surface area contributed by atoms with E-state index in [0.717, 1.165) is 19.1 Å². The standard InChI is InChI=1S/C15H13NO7S2/c1-9(15(17)18)16-25(21,22)10-6-7-12-14(8-10)24(19,20)13-5-3-2-4-11(13)23-12/h2-9,16H,1H3,(H,17,18)/t9-/m0/s1. The number of nitrogens with one attached hydrogen (secondary N) is 1. The summed E-state index contributed by atoms with van der Waals surface area (Å²) in [7, 11) is -8.18. The van der Waals surface area contributed by atoms with E-state index in [-0.39, 0.29) is 26.2 Å². The van der Waals surface area contributed by atoms with Crippen LogP contribution in [0.2, 0.25) is 0 Å². The highest BCUT2D eigenvalue weighted by molar-refractivity contribution is 7.92. The maximum atomic E-state index is 12.7. The number of hydrogen-bond acceptors (Lipinski definition) is 6. The first-order valence-corrected chi connectivity index (χ1v) is 10.0. The molecule has 2 aromatic carbocycles. The summed E-state index contributed by atoms with van der Waals surface area (Å²) in [4.78, 5) is 10.1. The summed E-state index contributed by atoms with van der Waals surface area (Å²) >= 11 is 0. The number of carboxylic acid groups (broad SMARTS) is 1. The molecule has 0 radical (unpaired) electrons.